The molecule has 0 aliphatic carbocycles. The molecule has 0 N–H and O–H groups in total. The molecule has 0 saturated carbocycles. The molecule has 0 bridgehead atoms. The Labute approximate surface area is 88.6 Å². The van der Waals surface area contributed by atoms with Gasteiger partial charge >= 0.3 is 0 Å². The van der Waals surface area contributed by atoms with Gasteiger partial charge in [-0.3, -0.25) is 9.59 Å². The third kappa shape index (κ3) is 5.27. The molecular formula is C9H14Cl2O2. The van der Waals surface area contributed by atoms with E-state index in [0.717, 1.165) is 0 Å². The first-order valence-electron chi connectivity index (χ1n) is 4.12. The van der Waals surface area contributed by atoms with Gasteiger partial charge in [-0.2, -0.15) is 0 Å². The average molecular weight is 225 g/mol. The van der Waals surface area contributed by atoms with Gasteiger partial charge < -0.3 is 0 Å². The lowest BCUT2D eigenvalue weighted by atomic mass is 9.76. The molecule has 0 fully saturated rings. The highest BCUT2D eigenvalue weighted by Crippen LogP contribution is 2.33. The Balaban J connectivity index is 4.25. The second kappa shape index (κ2) is 4.97. The summed E-state index contributed by atoms with van der Waals surface area (Å²) in [7, 11) is 0. The molecule has 0 saturated heterocycles. The van der Waals surface area contributed by atoms with E-state index < -0.39 is 0 Å². The van der Waals surface area contributed by atoms with Crippen LogP contribution in [0.2, 0.25) is 0 Å². The van der Waals surface area contributed by atoms with Gasteiger partial charge in [0.25, 0.3) is 0 Å². The van der Waals surface area contributed by atoms with Crippen LogP contribution >= 0.6 is 23.2 Å². The van der Waals surface area contributed by atoms with E-state index in [0.29, 0.717) is 0 Å². The lowest BCUT2D eigenvalue weighted by Gasteiger charge is -2.29. The molecule has 1 unspecified atom stereocenters. The van der Waals surface area contributed by atoms with Gasteiger partial charge in [-0.1, -0.05) is 20.8 Å². The summed E-state index contributed by atoms with van der Waals surface area (Å²) in [6.07, 6.45) is 0.540. The van der Waals surface area contributed by atoms with Crippen molar-refractivity contribution < 1.29 is 9.59 Å². The number of carbonyl (C=O) groups is 2. The third-order valence-electron chi connectivity index (χ3n) is 2.40. The highest BCUT2D eigenvalue weighted by atomic mass is 35.5. The van der Waals surface area contributed by atoms with Crippen molar-refractivity contribution in [2.24, 2.45) is 11.3 Å². The molecule has 0 aromatic carbocycles. The van der Waals surface area contributed by atoms with Crippen molar-refractivity contribution in [1.29, 1.82) is 0 Å². The normalized spacial score (nSPS) is 13.9. The largest absolute Gasteiger partial charge is 0.281 e. The average Bonchev–Trinajstić information content (AvgIpc) is 1.81. The summed E-state index contributed by atoms with van der Waals surface area (Å²) in [5.41, 5.74) is -0.274. The minimum Gasteiger partial charge on any atom is -0.281 e. The fourth-order valence-corrected chi connectivity index (χ4v) is 1.63. The molecule has 0 radical (unpaired) electrons. The molecule has 2 nitrogen and oxygen atoms in total. The van der Waals surface area contributed by atoms with E-state index in [2.05, 4.69) is 0 Å². The summed E-state index contributed by atoms with van der Waals surface area (Å²) in [4.78, 5) is 21.3. The maximum Gasteiger partial charge on any atom is 0.222 e. The van der Waals surface area contributed by atoms with Crippen LogP contribution in [0.1, 0.15) is 33.6 Å². The van der Waals surface area contributed by atoms with Gasteiger partial charge in [-0.25, -0.2) is 0 Å². The van der Waals surface area contributed by atoms with Crippen LogP contribution in [0, 0.1) is 11.3 Å². The topological polar surface area (TPSA) is 34.1 Å². The maximum atomic E-state index is 10.7. The first-order chi connectivity index (χ1) is 5.75. The van der Waals surface area contributed by atoms with Crippen molar-refractivity contribution in [1.82, 2.24) is 0 Å². The summed E-state index contributed by atoms with van der Waals surface area (Å²) >= 11 is 10.5. The van der Waals surface area contributed by atoms with Crippen LogP contribution in [0.15, 0.2) is 0 Å². The van der Waals surface area contributed by atoms with Crippen molar-refractivity contribution in [2.75, 3.05) is 0 Å². The molecule has 0 aromatic heterocycles. The Kier molecular flexibility index (Phi) is 4.93. The van der Waals surface area contributed by atoms with Crippen LogP contribution in [0.25, 0.3) is 0 Å². The fourth-order valence-electron chi connectivity index (χ4n) is 1.05. The Morgan fingerprint density at radius 1 is 1.23 bits per heavy atom. The summed E-state index contributed by atoms with van der Waals surface area (Å²) < 4.78 is 0. The van der Waals surface area contributed by atoms with E-state index in [1.54, 1.807) is 0 Å². The van der Waals surface area contributed by atoms with Crippen molar-refractivity contribution >= 4 is 33.7 Å². The van der Waals surface area contributed by atoms with E-state index >= 15 is 0 Å². The number of halogens is 2. The predicted octanol–water partition coefficient (Wildman–Crippen LogP) is 2.96. The number of hydrogen-bond donors (Lipinski definition) is 0. The second-order valence-corrected chi connectivity index (χ2v) is 4.82. The predicted molar refractivity (Wildman–Crippen MR) is 53.9 cm³/mol. The van der Waals surface area contributed by atoms with E-state index in [4.69, 9.17) is 23.2 Å². The zero-order valence-electron chi connectivity index (χ0n) is 8.06. The van der Waals surface area contributed by atoms with Crippen LogP contribution in [-0.2, 0) is 9.59 Å². The zero-order valence-corrected chi connectivity index (χ0v) is 9.58. The summed E-state index contributed by atoms with van der Waals surface area (Å²) in [6.45, 7) is 5.69. The minimum absolute atomic E-state index is 0.0557. The number of carbonyl (C=O) groups excluding carboxylic acids is 2. The van der Waals surface area contributed by atoms with Crippen molar-refractivity contribution in [3.8, 4) is 0 Å². The quantitative estimate of drug-likeness (QED) is 0.674. The van der Waals surface area contributed by atoms with Crippen LogP contribution in [-0.4, -0.2) is 10.5 Å². The van der Waals surface area contributed by atoms with E-state index in [1.807, 2.05) is 20.8 Å². The lowest BCUT2D eigenvalue weighted by molar-refractivity contribution is -0.116. The van der Waals surface area contributed by atoms with E-state index in [9.17, 15) is 9.59 Å². The highest BCUT2D eigenvalue weighted by Gasteiger charge is 2.29. The van der Waals surface area contributed by atoms with Crippen molar-refractivity contribution in [3.63, 3.8) is 0 Å². The standard InChI is InChI=1S/C9H14Cl2O2/c1-6(4-7(10)12)9(2,3)5-8(11)13/h6H,4-5H2,1-3H3. The van der Waals surface area contributed by atoms with Gasteiger partial charge in [0.15, 0.2) is 0 Å². The number of rotatable bonds is 5. The monoisotopic (exact) mass is 224 g/mol. The Hall–Kier alpha value is -0.0800. The smallest absolute Gasteiger partial charge is 0.222 e. The molecule has 0 amide bonds. The second-order valence-electron chi connectivity index (χ2n) is 3.98. The molecule has 0 spiro atoms. The summed E-state index contributed by atoms with van der Waals surface area (Å²) in [6, 6.07) is 0. The van der Waals surface area contributed by atoms with Crippen LogP contribution < -0.4 is 0 Å². The van der Waals surface area contributed by atoms with Gasteiger partial charge in [0, 0.05) is 12.8 Å². The highest BCUT2D eigenvalue weighted by molar-refractivity contribution is 6.64. The third-order valence-corrected chi connectivity index (χ3v) is 2.68. The number of hydrogen-bond acceptors (Lipinski definition) is 2. The molecule has 0 aromatic rings. The molecule has 0 aliphatic heterocycles. The van der Waals surface area contributed by atoms with Crippen molar-refractivity contribution in [2.45, 2.75) is 33.6 Å². The summed E-state index contributed by atoms with van der Waals surface area (Å²) in [5, 5.41) is -0.749. The molecule has 76 valence electrons. The molecule has 0 aliphatic rings. The molecule has 1 atom stereocenters. The van der Waals surface area contributed by atoms with Gasteiger partial charge in [-0.15, -0.1) is 0 Å². The Bertz CT molecular complexity index is 212. The van der Waals surface area contributed by atoms with Gasteiger partial charge in [-0.05, 0) is 34.5 Å². The van der Waals surface area contributed by atoms with Gasteiger partial charge in [0.2, 0.25) is 10.5 Å². The Morgan fingerprint density at radius 2 is 1.69 bits per heavy atom. The minimum atomic E-state index is -0.376. The van der Waals surface area contributed by atoms with Gasteiger partial charge in [0.05, 0.1) is 0 Å². The zero-order chi connectivity index (χ0) is 10.6. The van der Waals surface area contributed by atoms with E-state index in [1.165, 1.54) is 0 Å². The molecular weight excluding hydrogens is 211 g/mol. The first-order valence-corrected chi connectivity index (χ1v) is 4.88. The van der Waals surface area contributed by atoms with Gasteiger partial charge in [0.1, 0.15) is 0 Å². The van der Waals surface area contributed by atoms with Crippen LogP contribution in [0.5, 0.6) is 0 Å². The lowest BCUT2D eigenvalue weighted by Crippen LogP contribution is -2.25. The van der Waals surface area contributed by atoms with Crippen molar-refractivity contribution in [3.05, 3.63) is 0 Å². The summed E-state index contributed by atoms with van der Waals surface area (Å²) in [5.74, 6) is 0.0557. The molecule has 0 rings (SSSR count). The van der Waals surface area contributed by atoms with E-state index in [-0.39, 0.29) is 34.7 Å². The maximum absolute atomic E-state index is 10.7. The molecule has 0 heterocycles. The Morgan fingerprint density at radius 3 is 2.00 bits per heavy atom. The van der Waals surface area contributed by atoms with Crippen LogP contribution in [0.3, 0.4) is 0 Å². The molecule has 13 heavy (non-hydrogen) atoms. The fraction of sp³-hybridized carbons (Fsp3) is 0.778. The SMILES string of the molecule is CC(CC(=O)Cl)C(C)(C)CC(=O)Cl. The van der Waals surface area contributed by atoms with Crippen LogP contribution in [0.4, 0.5) is 0 Å². The molecule has 4 heteroatoms. The first kappa shape index (κ1) is 12.9.